The van der Waals surface area contributed by atoms with Crippen molar-refractivity contribution < 1.29 is 0 Å². The first-order valence-electron chi connectivity index (χ1n) is 8.54. The van der Waals surface area contributed by atoms with E-state index >= 15 is 0 Å². The third-order valence-corrected chi connectivity index (χ3v) is 4.32. The Labute approximate surface area is 148 Å². The van der Waals surface area contributed by atoms with E-state index < -0.39 is 0 Å². The maximum Gasteiger partial charge on any atom is 0.139 e. The maximum atomic E-state index is 4.83. The fourth-order valence-electron chi connectivity index (χ4n) is 3.32. The van der Waals surface area contributed by atoms with Gasteiger partial charge in [0.1, 0.15) is 17.2 Å². The molecule has 3 nitrogen and oxygen atoms in total. The molecule has 0 fully saturated rings. The minimum Gasteiger partial charge on any atom is -0.365 e. The minimum absolute atomic E-state index is 0.769. The molecule has 0 aliphatic carbocycles. The van der Waals surface area contributed by atoms with Gasteiger partial charge in [-0.1, -0.05) is 65.7 Å². The molecule has 0 saturated carbocycles. The van der Waals surface area contributed by atoms with Crippen LogP contribution in [0, 0.1) is 13.8 Å². The van der Waals surface area contributed by atoms with Gasteiger partial charge in [-0.15, -0.1) is 0 Å². The molecule has 0 aliphatic rings. The number of aryl methyl sites for hydroxylation is 2. The molecule has 1 N–H and O–H groups in total. The highest BCUT2D eigenvalue weighted by atomic mass is 15.1. The van der Waals surface area contributed by atoms with Crippen LogP contribution in [0.25, 0.3) is 16.9 Å². The quantitative estimate of drug-likeness (QED) is 0.556. The molecule has 2 aromatic heterocycles. The fourth-order valence-corrected chi connectivity index (χ4v) is 3.32. The van der Waals surface area contributed by atoms with Crippen LogP contribution < -0.4 is 5.32 Å². The van der Waals surface area contributed by atoms with Crippen LogP contribution >= 0.6 is 0 Å². The summed E-state index contributed by atoms with van der Waals surface area (Å²) in [5.41, 5.74) is 6.91. The minimum atomic E-state index is 0.769. The molecule has 2 heterocycles. The van der Waals surface area contributed by atoms with E-state index in [1.54, 1.807) is 0 Å². The van der Waals surface area contributed by atoms with Crippen molar-refractivity contribution in [1.82, 2.24) is 9.38 Å². The van der Waals surface area contributed by atoms with Gasteiger partial charge in [-0.2, -0.15) is 0 Å². The zero-order valence-corrected chi connectivity index (χ0v) is 14.5. The Balaban J connectivity index is 1.75. The van der Waals surface area contributed by atoms with Gasteiger partial charge in [0.05, 0.1) is 0 Å². The molecule has 0 aliphatic heterocycles. The smallest absolute Gasteiger partial charge is 0.139 e. The van der Waals surface area contributed by atoms with Crippen molar-refractivity contribution in [2.45, 2.75) is 20.4 Å². The van der Waals surface area contributed by atoms with Crippen molar-refractivity contribution in [2.75, 3.05) is 5.32 Å². The number of aromatic nitrogens is 2. The van der Waals surface area contributed by atoms with E-state index in [-0.39, 0.29) is 0 Å². The maximum absolute atomic E-state index is 4.83. The first kappa shape index (κ1) is 15.5. The molecular formula is C22H21N3. The van der Waals surface area contributed by atoms with E-state index in [0.29, 0.717) is 0 Å². The van der Waals surface area contributed by atoms with Crippen molar-refractivity contribution in [3.8, 4) is 11.3 Å². The second-order valence-corrected chi connectivity index (χ2v) is 6.45. The highest BCUT2D eigenvalue weighted by Crippen LogP contribution is 2.29. The van der Waals surface area contributed by atoms with Gasteiger partial charge >= 0.3 is 0 Å². The zero-order chi connectivity index (χ0) is 17.2. The Kier molecular flexibility index (Phi) is 3.98. The van der Waals surface area contributed by atoms with Crippen molar-refractivity contribution in [3.63, 3.8) is 0 Å². The molecule has 4 rings (SSSR count). The van der Waals surface area contributed by atoms with Crippen LogP contribution in [0.15, 0.2) is 72.9 Å². The molecule has 3 heteroatoms. The lowest BCUT2D eigenvalue weighted by Crippen LogP contribution is -2.04. The summed E-state index contributed by atoms with van der Waals surface area (Å²) in [4.78, 5) is 4.83. The lowest BCUT2D eigenvalue weighted by molar-refractivity contribution is 1.08. The second kappa shape index (κ2) is 6.44. The zero-order valence-electron chi connectivity index (χ0n) is 14.5. The number of rotatable bonds is 4. The van der Waals surface area contributed by atoms with Gasteiger partial charge < -0.3 is 5.32 Å². The Bertz CT molecular complexity index is 996. The van der Waals surface area contributed by atoms with Crippen LogP contribution in [0.4, 0.5) is 5.82 Å². The van der Waals surface area contributed by atoms with Gasteiger partial charge in [-0.3, -0.25) is 4.40 Å². The third kappa shape index (κ3) is 3.13. The lowest BCUT2D eigenvalue weighted by atomic mass is 10.1. The van der Waals surface area contributed by atoms with Crippen molar-refractivity contribution >= 4 is 11.5 Å². The molecule has 25 heavy (non-hydrogen) atoms. The summed E-state index contributed by atoms with van der Waals surface area (Å²) >= 11 is 0. The van der Waals surface area contributed by atoms with E-state index in [4.69, 9.17) is 4.98 Å². The summed E-state index contributed by atoms with van der Waals surface area (Å²) in [5, 5.41) is 3.61. The molecular weight excluding hydrogens is 306 g/mol. The van der Waals surface area contributed by atoms with Crippen molar-refractivity contribution in [2.24, 2.45) is 0 Å². The summed E-state index contributed by atoms with van der Waals surface area (Å²) in [5.74, 6) is 1.03. The molecule has 0 saturated heterocycles. The Morgan fingerprint density at radius 2 is 1.60 bits per heavy atom. The standard InChI is InChI=1S/C22H21N3/c1-16-12-17(2)14-18(13-16)15-23-22-21(19-8-4-3-5-9-19)24-20-10-6-7-11-25(20)22/h3-14,23H,15H2,1-2H3. The number of pyridine rings is 1. The van der Waals surface area contributed by atoms with E-state index in [9.17, 15) is 0 Å². The van der Waals surface area contributed by atoms with E-state index in [1.807, 2.05) is 36.4 Å². The van der Waals surface area contributed by atoms with E-state index in [1.165, 1.54) is 16.7 Å². The van der Waals surface area contributed by atoms with Crippen molar-refractivity contribution in [3.05, 3.63) is 89.6 Å². The number of nitrogens with one attached hydrogen (secondary N) is 1. The molecule has 124 valence electrons. The van der Waals surface area contributed by atoms with Gasteiger partial charge in [0.25, 0.3) is 0 Å². The molecule has 0 unspecified atom stereocenters. The number of fused-ring (bicyclic) bond motifs is 1. The topological polar surface area (TPSA) is 29.3 Å². The Hall–Kier alpha value is -3.07. The van der Waals surface area contributed by atoms with E-state index in [2.05, 4.69) is 60.1 Å². The van der Waals surface area contributed by atoms with Crippen LogP contribution in [0.3, 0.4) is 0 Å². The highest BCUT2D eigenvalue weighted by molar-refractivity contribution is 5.76. The molecule has 0 spiro atoms. The SMILES string of the molecule is Cc1cc(C)cc(CNc2c(-c3ccccc3)nc3ccccn23)c1. The molecule has 0 amide bonds. The van der Waals surface area contributed by atoms with Crippen LogP contribution in [-0.2, 0) is 6.54 Å². The number of hydrogen-bond acceptors (Lipinski definition) is 2. The van der Waals surface area contributed by atoms with Gasteiger partial charge in [0.15, 0.2) is 0 Å². The van der Waals surface area contributed by atoms with E-state index in [0.717, 1.165) is 29.3 Å². The summed E-state index contributed by atoms with van der Waals surface area (Å²) in [6.45, 7) is 5.05. The average molecular weight is 327 g/mol. The number of imidazole rings is 1. The number of nitrogens with zero attached hydrogens (tertiary/aromatic N) is 2. The summed E-state index contributed by atoms with van der Waals surface area (Å²) in [6.07, 6.45) is 2.05. The number of benzene rings is 2. The van der Waals surface area contributed by atoms with Gasteiger partial charge in [0.2, 0.25) is 0 Å². The largest absolute Gasteiger partial charge is 0.365 e. The number of hydrogen-bond donors (Lipinski definition) is 1. The second-order valence-electron chi connectivity index (χ2n) is 6.45. The molecule has 0 bridgehead atoms. The monoisotopic (exact) mass is 327 g/mol. The Morgan fingerprint density at radius 3 is 2.36 bits per heavy atom. The summed E-state index contributed by atoms with van der Waals surface area (Å²) < 4.78 is 2.12. The normalized spacial score (nSPS) is 11.0. The van der Waals surface area contributed by atoms with Crippen LogP contribution in [-0.4, -0.2) is 9.38 Å². The molecule has 4 aromatic rings. The van der Waals surface area contributed by atoms with Crippen LogP contribution in [0.2, 0.25) is 0 Å². The van der Waals surface area contributed by atoms with Crippen LogP contribution in [0.1, 0.15) is 16.7 Å². The molecule has 2 aromatic carbocycles. The van der Waals surface area contributed by atoms with Gasteiger partial charge in [-0.05, 0) is 31.5 Å². The summed E-state index contributed by atoms with van der Waals surface area (Å²) in [6, 6.07) is 23.1. The van der Waals surface area contributed by atoms with Gasteiger partial charge in [-0.25, -0.2) is 4.98 Å². The fraction of sp³-hybridized carbons (Fsp3) is 0.136. The first-order valence-corrected chi connectivity index (χ1v) is 8.54. The van der Waals surface area contributed by atoms with Crippen LogP contribution in [0.5, 0.6) is 0 Å². The first-order chi connectivity index (χ1) is 12.2. The number of anilines is 1. The predicted octanol–water partition coefficient (Wildman–Crippen LogP) is 5.23. The van der Waals surface area contributed by atoms with Crippen molar-refractivity contribution in [1.29, 1.82) is 0 Å². The molecule has 0 atom stereocenters. The summed E-state index contributed by atoms with van der Waals surface area (Å²) in [7, 11) is 0. The predicted molar refractivity (Wildman–Crippen MR) is 104 cm³/mol. The average Bonchev–Trinajstić information content (AvgIpc) is 2.98. The van der Waals surface area contributed by atoms with Gasteiger partial charge in [0, 0.05) is 18.3 Å². The molecule has 0 radical (unpaired) electrons. The highest BCUT2D eigenvalue weighted by Gasteiger charge is 2.13. The Morgan fingerprint density at radius 1 is 0.880 bits per heavy atom. The third-order valence-electron chi connectivity index (χ3n) is 4.32. The lowest BCUT2D eigenvalue weighted by Gasteiger charge is -2.10.